The van der Waals surface area contributed by atoms with Crippen molar-refractivity contribution in [3.63, 3.8) is 0 Å². The fraction of sp³-hybridized carbons (Fsp3) is 0.933. The summed E-state index contributed by atoms with van der Waals surface area (Å²) in [4.78, 5) is 13.9. The topological polar surface area (TPSA) is 64.8 Å². The van der Waals surface area contributed by atoms with Gasteiger partial charge in [0, 0.05) is 19.7 Å². The fourth-order valence-corrected chi connectivity index (χ4v) is 2.16. The summed E-state index contributed by atoms with van der Waals surface area (Å²) in [7, 11) is 3.11. The molecule has 0 aromatic heterocycles. The minimum absolute atomic E-state index is 0.337. The first-order valence-electron chi connectivity index (χ1n) is 7.49. The molecule has 0 aromatic rings. The van der Waals surface area contributed by atoms with Gasteiger partial charge in [-0.2, -0.15) is 0 Å². The third kappa shape index (κ3) is 7.22. The number of nitrogens with zero attached hydrogens (tertiary/aromatic N) is 1. The predicted molar refractivity (Wildman–Crippen MR) is 81.7 cm³/mol. The van der Waals surface area contributed by atoms with E-state index in [2.05, 4.69) is 18.7 Å². The van der Waals surface area contributed by atoms with E-state index < -0.39 is 5.54 Å². The summed E-state index contributed by atoms with van der Waals surface area (Å²) in [6.07, 6.45) is 3.72. The second kappa shape index (κ2) is 10.1. The predicted octanol–water partition coefficient (Wildman–Crippen LogP) is 1.79. The Morgan fingerprint density at radius 3 is 2.45 bits per heavy atom. The van der Waals surface area contributed by atoms with Gasteiger partial charge in [0.25, 0.3) is 0 Å². The molecule has 0 aliphatic heterocycles. The van der Waals surface area contributed by atoms with Gasteiger partial charge >= 0.3 is 5.97 Å². The van der Waals surface area contributed by atoms with Gasteiger partial charge in [-0.15, -0.1) is 0 Å². The van der Waals surface area contributed by atoms with Crippen molar-refractivity contribution in [3.05, 3.63) is 0 Å². The second-order valence-corrected chi connectivity index (χ2v) is 5.65. The molecule has 0 saturated heterocycles. The number of nitrogens with two attached hydrogens (primary N) is 1. The van der Waals surface area contributed by atoms with E-state index in [0.717, 1.165) is 39.0 Å². The summed E-state index contributed by atoms with van der Waals surface area (Å²) >= 11 is 0. The van der Waals surface area contributed by atoms with Gasteiger partial charge in [-0.1, -0.05) is 6.92 Å². The zero-order valence-corrected chi connectivity index (χ0v) is 13.8. The molecule has 0 aliphatic rings. The van der Waals surface area contributed by atoms with Crippen molar-refractivity contribution in [2.75, 3.05) is 33.9 Å². The molecule has 2 N–H and O–H groups in total. The molecule has 5 nitrogen and oxygen atoms in total. The van der Waals surface area contributed by atoms with Gasteiger partial charge in [0.05, 0.1) is 13.7 Å². The van der Waals surface area contributed by atoms with Crippen molar-refractivity contribution < 1.29 is 14.3 Å². The zero-order chi connectivity index (χ0) is 15.6. The minimum Gasteiger partial charge on any atom is -0.468 e. The van der Waals surface area contributed by atoms with Gasteiger partial charge in [-0.05, 0) is 46.1 Å². The maximum absolute atomic E-state index is 11.5. The number of esters is 1. The monoisotopic (exact) mass is 288 g/mol. The molecule has 120 valence electrons. The number of carbonyl (C=O) groups excluding carboxylic acids is 1. The molecule has 0 aliphatic carbocycles. The van der Waals surface area contributed by atoms with Crippen LogP contribution < -0.4 is 5.73 Å². The minimum atomic E-state index is -0.873. The summed E-state index contributed by atoms with van der Waals surface area (Å²) in [5, 5.41) is 0. The lowest BCUT2D eigenvalue weighted by atomic mass is 9.96. The molecule has 0 heterocycles. The lowest BCUT2D eigenvalue weighted by Gasteiger charge is -2.28. The highest BCUT2D eigenvalue weighted by atomic mass is 16.5. The second-order valence-electron chi connectivity index (χ2n) is 5.65. The molecule has 0 spiro atoms. The molecule has 0 radical (unpaired) electrons. The molecule has 5 heteroatoms. The first kappa shape index (κ1) is 19.4. The molecule has 0 bridgehead atoms. The average molecular weight is 288 g/mol. The summed E-state index contributed by atoms with van der Waals surface area (Å²) in [6, 6.07) is 0.551. The molecule has 0 fully saturated rings. The van der Waals surface area contributed by atoms with E-state index in [9.17, 15) is 4.79 Å². The highest BCUT2D eigenvalue weighted by Gasteiger charge is 2.28. The van der Waals surface area contributed by atoms with E-state index in [1.54, 1.807) is 14.0 Å². The highest BCUT2D eigenvalue weighted by Crippen LogP contribution is 2.14. The Morgan fingerprint density at radius 2 is 1.95 bits per heavy atom. The van der Waals surface area contributed by atoms with Gasteiger partial charge in [-0.25, -0.2) is 0 Å². The van der Waals surface area contributed by atoms with Gasteiger partial charge in [0.15, 0.2) is 0 Å². The quantitative estimate of drug-likeness (QED) is 0.464. The van der Waals surface area contributed by atoms with Crippen molar-refractivity contribution >= 4 is 5.97 Å². The average Bonchev–Trinajstić information content (AvgIpc) is 2.44. The van der Waals surface area contributed by atoms with E-state index in [1.807, 2.05) is 0 Å². The third-order valence-electron chi connectivity index (χ3n) is 3.84. The first-order chi connectivity index (χ1) is 9.38. The maximum Gasteiger partial charge on any atom is 0.325 e. The van der Waals surface area contributed by atoms with E-state index in [1.165, 1.54) is 7.11 Å². The SMILES string of the molecule is CCC(C)N(CCCCC(C)(N)C(=O)OC)CCOC. The van der Waals surface area contributed by atoms with E-state index >= 15 is 0 Å². The molecular formula is C15H32N2O3. The number of methoxy groups -OCH3 is 2. The van der Waals surface area contributed by atoms with E-state index in [-0.39, 0.29) is 5.97 Å². The summed E-state index contributed by atoms with van der Waals surface area (Å²) in [5.41, 5.74) is 5.07. The summed E-state index contributed by atoms with van der Waals surface area (Å²) in [6.45, 7) is 8.87. The largest absolute Gasteiger partial charge is 0.468 e. The number of ether oxygens (including phenoxy) is 2. The number of carbonyl (C=O) groups is 1. The van der Waals surface area contributed by atoms with Crippen LogP contribution in [0.1, 0.15) is 46.5 Å². The number of hydrogen-bond acceptors (Lipinski definition) is 5. The van der Waals surface area contributed by atoms with Crippen LogP contribution in [-0.2, 0) is 14.3 Å². The molecule has 20 heavy (non-hydrogen) atoms. The smallest absolute Gasteiger partial charge is 0.325 e. The summed E-state index contributed by atoms with van der Waals surface area (Å²) < 4.78 is 9.86. The van der Waals surface area contributed by atoms with E-state index in [0.29, 0.717) is 12.5 Å². The maximum atomic E-state index is 11.5. The van der Waals surface area contributed by atoms with E-state index in [4.69, 9.17) is 15.2 Å². The first-order valence-corrected chi connectivity index (χ1v) is 7.49. The number of hydrogen-bond donors (Lipinski definition) is 1. The Morgan fingerprint density at radius 1 is 1.30 bits per heavy atom. The molecule has 0 amide bonds. The van der Waals surface area contributed by atoms with Crippen LogP contribution in [0.4, 0.5) is 0 Å². The third-order valence-corrected chi connectivity index (χ3v) is 3.84. The Labute approximate surface area is 123 Å². The lowest BCUT2D eigenvalue weighted by Crippen LogP contribution is -2.45. The van der Waals surface area contributed by atoms with Crippen molar-refractivity contribution in [2.45, 2.75) is 58.0 Å². The lowest BCUT2D eigenvalue weighted by molar-refractivity contribution is -0.146. The highest BCUT2D eigenvalue weighted by molar-refractivity contribution is 5.79. The fourth-order valence-electron chi connectivity index (χ4n) is 2.16. The van der Waals surface area contributed by atoms with Crippen molar-refractivity contribution in [1.82, 2.24) is 4.90 Å². The Bertz CT molecular complexity index is 270. The zero-order valence-electron chi connectivity index (χ0n) is 13.8. The summed E-state index contributed by atoms with van der Waals surface area (Å²) in [5.74, 6) is -0.337. The van der Waals surface area contributed by atoms with Crippen molar-refractivity contribution in [1.29, 1.82) is 0 Å². The van der Waals surface area contributed by atoms with Crippen LogP contribution >= 0.6 is 0 Å². The molecular weight excluding hydrogens is 256 g/mol. The van der Waals surface area contributed by atoms with Crippen molar-refractivity contribution in [3.8, 4) is 0 Å². The van der Waals surface area contributed by atoms with Crippen LogP contribution in [0.25, 0.3) is 0 Å². The standard InChI is InChI=1S/C15H32N2O3/c1-6-13(2)17(11-12-19-4)10-8-7-9-15(3,16)14(18)20-5/h13H,6-12,16H2,1-5H3. The Balaban J connectivity index is 4.08. The Hall–Kier alpha value is -0.650. The molecule has 0 aromatic carbocycles. The normalized spacial score (nSPS) is 15.9. The molecule has 0 saturated carbocycles. The molecule has 0 rings (SSSR count). The van der Waals surface area contributed by atoms with Gasteiger partial charge in [0.2, 0.25) is 0 Å². The van der Waals surface area contributed by atoms with Gasteiger partial charge in [-0.3, -0.25) is 9.69 Å². The van der Waals surface area contributed by atoms with Gasteiger partial charge in [0.1, 0.15) is 5.54 Å². The van der Waals surface area contributed by atoms with Crippen LogP contribution in [0.2, 0.25) is 0 Å². The Kier molecular flexibility index (Phi) is 9.80. The van der Waals surface area contributed by atoms with Crippen LogP contribution in [0.5, 0.6) is 0 Å². The molecule has 2 atom stereocenters. The van der Waals surface area contributed by atoms with Crippen LogP contribution in [-0.4, -0.2) is 56.4 Å². The van der Waals surface area contributed by atoms with Gasteiger partial charge < -0.3 is 15.2 Å². The molecule has 2 unspecified atom stereocenters. The van der Waals surface area contributed by atoms with Crippen molar-refractivity contribution in [2.24, 2.45) is 5.73 Å². The van der Waals surface area contributed by atoms with Crippen LogP contribution in [0, 0.1) is 0 Å². The van der Waals surface area contributed by atoms with Crippen LogP contribution in [0.3, 0.4) is 0 Å². The number of unbranched alkanes of at least 4 members (excludes halogenated alkanes) is 1. The number of rotatable bonds is 11. The van der Waals surface area contributed by atoms with Crippen LogP contribution in [0.15, 0.2) is 0 Å².